The van der Waals surface area contributed by atoms with Crippen LogP contribution in [0, 0.1) is 35.5 Å². The van der Waals surface area contributed by atoms with E-state index in [9.17, 15) is 0 Å². The molecular weight excluding hydrogens is 936 g/mol. The number of rotatable bonds is 5. The Labute approximate surface area is 456 Å². The number of benzene rings is 8. The number of hydrogen-bond donors (Lipinski definition) is 0. The average Bonchev–Trinajstić information content (AvgIpc) is 3.68. The van der Waals surface area contributed by atoms with Gasteiger partial charge in [0.1, 0.15) is 0 Å². The minimum atomic E-state index is -0.0573. The fourth-order valence-corrected chi connectivity index (χ4v) is 19.0. The van der Waals surface area contributed by atoms with Gasteiger partial charge in [0.2, 0.25) is 0 Å². The van der Waals surface area contributed by atoms with Gasteiger partial charge in [-0.2, -0.15) is 0 Å². The normalized spacial score (nSPS) is 26.6. The zero-order valence-corrected chi connectivity index (χ0v) is 46.7. The standard InChI is InChI=1S/C72H73BN2S/c1-44-31-48-32-45(2)41-72(40-44,43-48)56-24-28-63-60(38-56)66-58-20-14-13-19-53(58)35-64-67(66)73(75(63)57-25-21-54(22-26-57)71-30-29-50(47(4)42-71)33-46(3)39-71)69-68(61-34-51-17-11-12-18-52(51)36-65(61)76-69)74(64)62-27-23-55(70(5,6)7)37-59(62)49-15-9-8-10-16-49/h8-28,34-38,44-48,50H,29-33,39-43H2,1-7H3. The third-order valence-corrected chi connectivity index (χ3v) is 21.7. The van der Waals surface area contributed by atoms with Gasteiger partial charge in [0, 0.05) is 43.1 Å². The molecule has 16 rings (SSSR count). The topological polar surface area (TPSA) is 6.48 Å². The largest absolute Gasteiger partial charge is 0.376 e. The highest BCUT2D eigenvalue weighted by molar-refractivity contribution is 7.32. The van der Waals surface area contributed by atoms with Crippen molar-refractivity contribution in [3.63, 3.8) is 0 Å². The van der Waals surface area contributed by atoms with Crippen molar-refractivity contribution in [3.05, 3.63) is 174 Å². The molecule has 5 saturated carbocycles. The van der Waals surface area contributed by atoms with Crippen molar-refractivity contribution in [2.45, 2.75) is 129 Å². The van der Waals surface area contributed by atoms with Crippen molar-refractivity contribution in [1.29, 1.82) is 0 Å². The average molecular weight is 1010 g/mol. The van der Waals surface area contributed by atoms with Crippen molar-refractivity contribution in [2.24, 2.45) is 35.5 Å². The van der Waals surface area contributed by atoms with E-state index in [1.165, 1.54) is 162 Å². The Morgan fingerprint density at radius 3 is 1.97 bits per heavy atom. The molecule has 4 heteroatoms. The van der Waals surface area contributed by atoms with Crippen molar-refractivity contribution in [3.8, 4) is 22.3 Å². The van der Waals surface area contributed by atoms with Gasteiger partial charge in [-0.05, 0) is 225 Å². The Morgan fingerprint density at radius 2 is 1.22 bits per heavy atom. The molecule has 76 heavy (non-hydrogen) atoms. The molecule has 6 atom stereocenters. The predicted molar refractivity (Wildman–Crippen MR) is 328 cm³/mol. The molecule has 0 N–H and O–H groups in total. The van der Waals surface area contributed by atoms with Gasteiger partial charge in [0.05, 0.1) is 11.4 Å². The van der Waals surface area contributed by atoms with Crippen LogP contribution < -0.4 is 20.0 Å². The number of nitrogens with zero attached hydrogens (tertiary/aromatic N) is 2. The van der Waals surface area contributed by atoms with Gasteiger partial charge >= 0.3 is 6.85 Å². The van der Waals surface area contributed by atoms with Gasteiger partial charge in [-0.1, -0.05) is 152 Å². The summed E-state index contributed by atoms with van der Waals surface area (Å²) in [6.45, 7) is 17.2. The monoisotopic (exact) mass is 1010 g/mol. The molecule has 5 fully saturated rings. The first kappa shape index (κ1) is 47.1. The molecular formula is C72H73BN2S. The van der Waals surface area contributed by atoms with Crippen molar-refractivity contribution < 1.29 is 0 Å². The molecule has 380 valence electrons. The van der Waals surface area contributed by atoms with Crippen LogP contribution in [0.25, 0.3) is 53.9 Å². The summed E-state index contributed by atoms with van der Waals surface area (Å²) in [5, 5.41) is 6.56. The van der Waals surface area contributed by atoms with E-state index < -0.39 is 0 Å². The van der Waals surface area contributed by atoms with E-state index in [0.717, 1.165) is 35.5 Å². The van der Waals surface area contributed by atoms with Crippen molar-refractivity contribution in [1.82, 2.24) is 0 Å². The third kappa shape index (κ3) is 7.24. The summed E-state index contributed by atoms with van der Waals surface area (Å²) in [6, 6.07) is 62.9. The van der Waals surface area contributed by atoms with E-state index in [-0.39, 0.29) is 23.1 Å². The SMILES string of the molecule is CC1CC2CC(C)CC(c3ccc4c(c3)-c3c5c(cc6ccccc36)N(c3ccc(C(C)(C)C)cc3-c3ccccc3)c3c(sc6cc7ccccc7cc36)B5N4c3ccc(C45CCC(CC(C)C4)C(C)C5)cc3)(C1)C2. The number of fused-ring (bicyclic) bond motifs is 15. The minimum Gasteiger partial charge on any atom is -0.376 e. The maximum Gasteiger partial charge on any atom is 0.343 e. The van der Waals surface area contributed by atoms with Crippen LogP contribution in [0.2, 0.25) is 0 Å². The molecule has 0 radical (unpaired) electrons. The molecule has 0 saturated heterocycles. The molecule has 3 heterocycles. The van der Waals surface area contributed by atoms with Gasteiger partial charge in [0.25, 0.3) is 0 Å². The Kier molecular flexibility index (Phi) is 10.7. The van der Waals surface area contributed by atoms with Crippen LogP contribution in [-0.4, -0.2) is 6.85 Å². The molecule has 2 aliphatic heterocycles. The number of anilines is 5. The van der Waals surface area contributed by atoms with Crippen LogP contribution in [0.3, 0.4) is 0 Å². The molecule has 2 nitrogen and oxygen atoms in total. The highest BCUT2D eigenvalue weighted by Crippen LogP contribution is 2.59. The molecule has 8 aromatic carbocycles. The molecule has 7 aliphatic rings. The summed E-state index contributed by atoms with van der Waals surface area (Å²) in [6.07, 6.45) is 13.4. The van der Waals surface area contributed by atoms with Crippen LogP contribution in [0.5, 0.6) is 0 Å². The van der Waals surface area contributed by atoms with Crippen molar-refractivity contribution >= 4 is 88.5 Å². The lowest BCUT2D eigenvalue weighted by Crippen LogP contribution is -2.60. The summed E-state index contributed by atoms with van der Waals surface area (Å²) in [7, 11) is 0. The first-order valence-corrected chi connectivity index (χ1v) is 30.2. The van der Waals surface area contributed by atoms with E-state index in [1.807, 2.05) is 11.3 Å². The summed E-state index contributed by atoms with van der Waals surface area (Å²) in [5.41, 5.74) is 18.2. The lowest BCUT2D eigenvalue weighted by molar-refractivity contribution is 0.0781. The second-order valence-corrected chi connectivity index (χ2v) is 28.0. The molecule has 5 aliphatic carbocycles. The maximum atomic E-state index is 2.83. The highest BCUT2D eigenvalue weighted by atomic mass is 32.1. The van der Waals surface area contributed by atoms with Gasteiger partial charge in [-0.3, -0.25) is 0 Å². The van der Waals surface area contributed by atoms with Crippen LogP contribution in [-0.2, 0) is 16.2 Å². The zero-order chi connectivity index (χ0) is 51.4. The molecule has 6 unspecified atom stereocenters. The predicted octanol–water partition coefficient (Wildman–Crippen LogP) is 19.1. The fourth-order valence-electron chi connectivity index (χ4n) is 17.7. The van der Waals surface area contributed by atoms with Gasteiger partial charge in [-0.25, -0.2) is 0 Å². The Hall–Kier alpha value is -6.10. The van der Waals surface area contributed by atoms with Crippen LogP contribution in [0.15, 0.2) is 158 Å². The van der Waals surface area contributed by atoms with E-state index in [1.54, 1.807) is 11.1 Å². The quantitative estimate of drug-likeness (QED) is 0.159. The summed E-state index contributed by atoms with van der Waals surface area (Å²) in [5.74, 6) is 4.70. The maximum absolute atomic E-state index is 2.83. The third-order valence-electron chi connectivity index (χ3n) is 20.5. The zero-order valence-electron chi connectivity index (χ0n) is 45.9. The molecule has 9 aromatic rings. The summed E-state index contributed by atoms with van der Waals surface area (Å²) >= 11 is 2.03. The Bertz CT molecular complexity index is 3760. The number of thiophene rings is 1. The Balaban J connectivity index is 1.04. The first-order valence-electron chi connectivity index (χ1n) is 29.4. The minimum absolute atomic E-state index is 0.0225. The fraction of sp³-hybridized carbons (Fsp3) is 0.361. The summed E-state index contributed by atoms with van der Waals surface area (Å²) < 4.78 is 2.76. The van der Waals surface area contributed by atoms with Gasteiger partial charge in [-0.15, -0.1) is 11.3 Å². The van der Waals surface area contributed by atoms with Crippen LogP contribution >= 0.6 is 11.3 Å². The Morgan fingerprint density at radius 1 is 0.553 bits per heavy atom. The highest BCUT2D eigenvalue weighted by Gasteiger charge is 2.51. The second kappa shape index (κ2) is 17.2. The first-order chi connectivity index (χ1) is 36.8. The van der Waals surface area contributed by atoms with E-state index >= 15 is 0 Å². The lowest BCUT2D eigenvalue weighted by Gasteiger charge is -2.51. The van der Waals surface area contributed by atoms with Gasteiger partial charge < -0.3 is 9.71 Å². The van der Waals surface area contributed by atoms with Crippen molar-refractivity contribution in [2.75, 3.05) is 9.71 Å². The number of hydrogen-bond acceptors (Lipinski definition) is 3. The molecule has 4 bridgehead atoms. The molecule has 1 aromatic heterocycles. The van der Waals surface area contributed by atoms with E-state index in [4.69, 9.17) is 0 Å². The van der Waals surface area contributed by atoms with E-state index in [2.05, 4.69) is 216 Å². The smallest absolute Gasteiger partial charge is 0.343 e. The molecule has 0 spiro atoms. The van der Waals surface area contributed by atoms with Gasteiger partial charge in [0.15, 0.2) is 0 Å². The van der Waals surface area contributed by atoms with Crippen LogP contribution in [0.4, 0.5) is 28.4 Å². The van der Waals surface area contributed by atoms with Crippen LogP contribution in [0.1, 0.15) is 129 Å². The second-order valence-electron chi connectivity index (χ2n) is 26.9. The van der Waals surface area contributed by atoms with E-state index in [0.29, 0.717) is 0 Å². The summed E-state index contributed by atoms with van der Waals surface area (Å²) in [4.78, 5) is 5.57. The molecule has 0 amide bonds. The lowest BCUT2D eigenvalue weighted by atomic mass is 9.46.